The molecule has 0 saturated carbocycles. The first kappa shape index (κ1) is 22.3. The molecule has 2 aromatic carbocycles. The molecule has 32 heavy (non-hydrogen) atoms. The molecule has 0 spiro atoms. The number of aryl methyl sites for hydroxylation is 1. The Labute approximate surface area is 194 Å². The monoisotopic (exact) mass is 470 g/mol. The summed E-state index contributed by atoms with van der Waals surface area (Å²) in [5, 5.41) is 11.0. The fourth-order valence-electron chi connectivity index (χ4n) is 3.20. The van der Waals surface area contributed by atoms with Gasteiger partial charge in [-0.2, -0.15) is 0 Å². The lowest BCUT2D eigenvalue weighted by molar-refractivity contribution is -0.118. The summed E-state index contributed by atoms with van der Waals surface area (Å²) < 4.78 is 11.6. The maximum absolute atomic E-state index is 11.7. The summed E-state index contributed by atoms with van der Waals surface area (Å²) in [6, 6.07) is 14.6. The zero-order valence-electron chi connectivity index (χ0n) is 17.4. The van der Waals surface area contributed by atoms with Crippen LogP contribution in [0.4, 0.5) is 4.79 Å². The molecule has 0 bridgehead atoms. The Morgan fingerprint density at radius 2 is 1.91 bits per heavy atom. The zero-order valence-corrected chi connectivity index (χ0v) is 19.0. The number of carbonyl (C=O) groups excluding carboxylic acids is 2. The molecule has 7 nitrogen and oxygen atoms in total. The number of nitrogens with zero attached hydrogens (tertiary/aromatic N) is 1. The third-order valence-corrected chi connectivity index (χ3v) is 6.83. The van der Waals surface area contributed by atoms with Crippen LogP contribution in [-0.4, -0.2) is 33.1 Å². The van der Waals surface area contributed by atoms with Gasteiger partial charge in [-0.3, -0.25) is 14.9 Å². The van der Waals surface area contributed by atoms with Crippen LogP contribution in [0.2, 0.25) is 0 Å². The fourth-order valence-corrected chi connectivity index (χ4v) is 4.80. The molecule has 0 radical (unpaired) electrons. The lowest BCUT2D eigenvalue weighted by Gasteiger charge is -2.08. The Hall–Kier alpha value is -2.91. The van der Waals surface area contributed by atoms with E-state index in [1.54, 1.807) is 23.9 Å². The van der Waals surface area contributed by atoms with Crippen molar-refractivity contribution >= 4 is 34.7 Å². The van der Waals surface area contributed by atoms with Crippen molar-refractivity contribution in [2.75, 3.05) is 6.61 Å². The van der Waals surface area contributed by atoms with Crippen LogP contribution in [0.15, 0.2) is 57.8 Å². The van der Waals surface area contributed by atoms with Gasteiger partial charge in [0, 0.05) is 11.3 Å². The Morgan fingerprint density at radius 3 is 2.59 bits per heavy atom. The van der Waals surface area contributed by atoms with E-state index >= 15 is 0 Å². The number of carbonyl (C=O) groups is 2. The molecule has 0 aliphatic carbocycles. The number of aromatic hydroxyl groups is 1. The zero-order chi connectivity index (χ0) is 22.5. The number of nitrogens with one attached hydrogen (secondary N) is 1. The molecule has 1 aliphatic heterocycles. The molecule has 2 heterocycles. The van der Waals surface area contributed by atoms with Gasteiger partial charge in [-0.1, -0.05) is 23.9 Å². The number of thioether (sulfide) groups is 2. The molecular weight excluding hydrogens is 448 g/mol. The van der Waals surface area contributed by atoms with Gasteiger partial charge >= 0.3 is 0 Å². The van der Waals surface area contributed by atoms with Gasteiger partial charge in [0.1, 0.15) is 17.3 Å². The van der Waals surface area contributed by atoms with Crippen LogP contribution in [0.1, 0.15) is 22.9 Å². The third-order valence-electron chi connectivity index (χ3n) is 4.86. The molecule has 1 unspecified atom stereocenters. The van der Waals surface area contributed by atoms with E-state index in [0.29, 0.717) is 31.1 Å². The number of phenolic OH excluding ortho intramolecular Hbond substituents is 1. The second-order valence-electron chi connectivity index (χ2n) is 7.22. The highest BCUT2D eigenvalue weighted by atomic mass is 32.2. The van der Waals surface area contributed by atoms with E-state index in [0.717, 1.165) is 39.4 Å². The third kappa shape index (κ3) is 5.86. The summed E-state index contributed by atoms with van der Waals surface area (Å²) in [5.41, 5.74) is 1.85. The van der Waals surface area contributed by atoms with Gasteiger partial charge < -0.3 is 14.3 Å². The molecule has 1 fully saturated rings. The van der Waals surface area contributed by atoms with Crippen molar-refractivity contribution < 1.29 is 23.8 Å². The average molecular weight is 471 g/mol. The van der Waals surface area contributed by atoms with Gasteiger partial charge in [-0.25, -0.2) is 4.98 Å². The number of hydrogen-bond donors (Lipinski definition) is 2. The number of phenols is 1. The molecule has 1 saturated heterocycles. The normalized spacial score (nSPS) is 15.7. The number of rotatable bonds is 9. The molecule has 1 atom stereocenters. The van der Waals surface area contributed by atoms with E-state index in [9.17, 15) is 14.7 Å². The van der Waals surface area contributed by atoms with Gasteiger partial charge in [0.05, 0.1) is 23.3 Å². The Balaban J connectivity index is 1.24. The Kier molecular flexibility index (Phi) is 7.06. The molecule has 1 aromatic heterocycles. The first-order valence-electron chi connectivity index (χ1n) is 10.1. The van der Waals surface area contributed by atoms with Gasteiger partial charge in [0.25, 0.3) is 5.24 Å². The van der Waals surface area contributed by atoms with E-state index in [2.05, 4.69) is 10.3 Å². The first-order chi connectivity index (χ1) is 15.5. The topological polar surface area (TPSA) is 102 Å². The predicted octanol–water partition coefficient (Wildman–Crippen LogP) is 4.50. The summed E-state index contributed by atoms with van der Waals surface area (Å²) in [6.45, 7) is 2.36. The number of imide groups is 1. The molecule has 166 valence electrons. The van der Waals surface area contributed by atoms with E-state index in [1.807, 2.05) is 43.3 Å². The van der Waals surface area contributed by atoms with Crippen LogP contribution in [0.25, 0.3) is 0 Å². The maximum Gasteiger partial charge on any atom is 0.286 e. The molecule has 2 N–H and O–H groups in total. The second-order valence-corrected chi connectivity index (χ2v) is 9.45. The summed E-state index contributed by atoms with van der Waals surface area (Å²) in [6.07, 6.45) is 1.13. The quantitative estimate of drug-likeness (QED) is 0.441. The standard InChI is InChI=1S/C23H22N2O5S2/c1-14-19(24-21(30-14)13-31-18-8-4-16(26)5-9-18)10-11-29-17-6-2-15(3-7-17)12-20-22(27)25-23(28)32-20/h2-9,20,26H,10-13H2,1H3,(H,25,27,28). The number of amides is 2. The van der Waals surface area contributed by atoms with Gasteiger partial charge in [0.2, 0.25) is 11.8 Å². The molecule has 2 amide bonds. The molecule has 1 aliphatic rings. The first-order valence-corrected chi connectivity index (χ1v) is 11.9. The number of ether oxygens (including phenoxy) is 1. The largest absolute Gasteiger partial charge is 0.508 e. The average Bonchev–Trinajstić information content (AvgIpc) is 3.29. The summed E-state index contributed by atoms with van der Waals surface area (Å²) >= 11 is 2.63. The second kappa shape index (κ2) is 10.1. The van der Waals surface area contributed by atoms with Gasteiger partial charge in [-0.15, -0.1) is 11.8 Å². The van der Waals surface area contributed by atoms with E-state index in [1.165, 1.54) is 0 Å². The van der Waals surface area contributed by atoms with Crippen molar-refractivity contribution in [2.45, 2.75) is 35.7 Å². The highest BCUT2D eigenvalue weighted by Crippen LogP contribution is 2.26. The van der Waals surface area contributed by atoms with E-state index in [4.69, 9.17) is 9.15 Å². The predicted molar refractivity (Wildman–Crippen MR) is 123 cm³/mol. The summed E-state index contributed by atoms with van der Waals surface area (Å²) in [5.74, 6) is 2.80. The smallest absolute Gasteiger partial charge is 0.286 e. The minimum atomic E-state index is -0.370. The number of benzene rings is 2. The molecule has 4 rings (SSSR count). The highest BCUT2D eigenvalue weighted by molar-refractivity contribution is 8.15. The number of aromatic nitrogens is 1. The Morgan fingerprint density at radius 1 is 1.16 bits per heavy atom. The lowest BCUT2D eigenvalue weighted by Crippen LogP contribution is -2.25. The van der Waals surface area contributed by atoms with Crippen LogP contribution >= 0.6 is 23.5 Å². The van der Waals surface area contributed by atoms with E-state index < -0.39 is 0 Å². The van der Waals surface area contributed by atoms with Crippen molar-refractivity contribution in [3.8, 4) is 11.5 Å². The van der Waals surface area contributed by atoms with Crippen molar-refractivity contribution in [1.82, 2.24) is 10.3 Å². The Bertz CT molecular complexity index is 1100. The SMILES string of the molecule is Cc1oc(CSc2ccc(O)cc2)nc1CCOc1ccc(CC2SC(=O)NC2=O)cc1. The summed E-state index contributed by atoms with van der Waals surface area (Å²) in [7, 11) is 0. The van der Waals surface area contributed by atoms with Gasteiger partial charge in [-0.05, 0) is 55.3 Å². The fraction of sp³-hybridized carbons (Fsp3) is 0.261. The minimum Gasteiger partial charge on any atom is -0.508 e. The molecule has 3 aromatic rings. The van der Waals surface area contributed by atoms with Crippen LogP contribution in [0.5, 0.6) is 11.5 Å². The molecular formula is C23H22N2O5S2. The van der Waals surface area contributed by atoms with Crippen molar-refractivity contribution in [3.63, 3.8) is 0 Å². The van der Waals surface area contributed by atoms with Crippen LogP contribution in [0, 0.1) is 6.92 Å². The van der Waals surface area contributed by atoms with Crippen LogP contribution in [-0.2, 0) is 23.4 Å². The maximum atomic E-state index is 11.7. The van der Waals surface area contributed by atoms with E-state index in [-0.39, 0.29) is 22.1 Å². The highest BCUT2D eigenvalue weighted by Gasteiger charge is 2.31. The molecule has 9 heteroatoms. The lowest BCUT2D eigenvalue weighted by atomic mass is 10.1. The van der Waals surface area contributed by atoms with Crippen molar-refractivity contribution in [3.05, 3.63) is 71.4 Å². The number of oxazole rings is 1. The van der Waals surface area contributed by atoms with Gasteiger partial charge in [0.15, 0.2) is 0 Å². The van der Waals surface area contributed by atoms with Crippen LogP contribution in [0.3, 0.4) is 0 Å². The van der Waals surface area contributed by atoms with Crippen molar-refractivity contribution in [1.29, 1.82) is 0 Å². The summed E-state index contributed by atoms with van der Waals surface area (Å²) in [4.78, 5) is 28.6. The minimum absolute atomic E-state index is 0.232. The van der Waals surface area contributed by atoms with Crippen molar-refractivity contribution in [2.24, 2.45) is 0 Å². The van der Waals surface area contributed by atoms with Crippen LogP contribution < -0.4 is 10.1 Å². The number of hydrogen-bond acceptors (Lipinski definition) is 8.